The van der Waals surface area contributed by atoms with Gasteiger partial charge in [-0.2, -0.15) is 13.2 Å². The zero-order valence-corrected chi connectivity index (χ0v) is 20.1. The highest BCUT2D eigenvalue weighted by atomic mass is 19.4. The molecule has 0 radical (unpaired) electrons. The molecule has 37 heavy (non-hydrogen) atoms. The third-order valence-corrected chi connectivity index (χ3v) is 6.14. The molecule has 0 aliphatic carbocycles. The molecule has 0 saturated carbocycles. The molecular formula is C25H25F3N8O. The summed E-state index contributed by atoms with van der Waals surface area (Å²) in [7, 11) is 0. The highest BCUT2D eigenvalue weighted by molar-refractivity contribution is 5.83. The Morgan fingerprint density at radius 3 is 2.62 bits per heavy atom. The zero-order chi connectivity index (χ0) is 26.0. The number of halogens is 3. The summed E-state index contributed by atoms with van der Waals surface area (Å²) in [5, 5.41) is 3.20. The van der Waals surface area contributed by atoms with Crippen LogP contribution >= 0.6 is 0 Å². The monoisotopic (exact) mass is 510 g/mol. The Morgan fingerprint density at radius 2 is 1.86 bits per heavy atom. The number of nitrogens with zero attached hydrogens (tertiary/aromatic N) is 6. The fourth-order valence-electron chi connectivity index (χ4n) is 4.30. The van der Waals surface area contributed by atoms with Gasteiger partial charge in [-0.25, -0.2) is 19.9 Å². The van der Waals surface area contributed by atoms with Crippen LogP contribution in [0.4, 0.5) is 24.9 Å². The van der Waals surface area contributed by atoms with Crippen LogP contribution in [0.15, 0.2) is 48.9 Å². The lowest BCUT2D eigenvalue weighted by Gasteiger charge is -2.35. The summed E-state index contributed by atoms with van der Waals surface area (Å²) >= 11 is 0. The van der Waals surface area contributed by atoms with Crippen LogP contribution in [-0.2, 0) is 11.3 Å². The van der Waals surface area contributed by atoms with Crippen LogP contribution in [0, 0.1) is 6.92 Å². The predicted octanol–water partition coefficient (Wildman–Crippen LogP) is 4.06. The van der Waals surface area contributed by atoms with Gasteiger partial charge in [-0.3, -0.25) is 9.69 Å². The Kier molecular flexibility index (Phi) is 6.74. The second-order valence-corrected chi connectivity index (χ2v) is 8.99. The fraction of sp³-hybridized carbons (Fsp3) is 0.320. The minimum absolute atomic E-state index is 0.278. The van der Waals surface area contributed by atoms with Crippen LogP contribution in [0.3, 0.4) is 0 Å². The molecule has 1 aliphatic rings. The van der Waals surface area contributed by atoms with Gasteiger partial charge in [0.1, 0.15) is 18.6 Å². The number of carbonyl (C=O) groups is 1. The van der Waals surface area contributed by atoms with Gasteiger partial charge in [-0.15, -0.1) is 0 Å². The van der Waals surface area contributed by atoms with E-state index in [-0.39, 0.29) is 13.1 Å². The summed E-state index contributed by atoms with van der Waals surface area (Å²) in [6, 6.07) is 11.6. The van der Waals surface area contributed by atoms with E-state index in [1.165, 1.54) is 4.90 Å². The number of aromatic nitrogens is 5. The number of pyridine rings is 1. The Morgan fingerprint density at radius 1 is 1.05 bits per heavy atom. The Labute approximate surface area is 210 Å². The van der Waals surface area contributed by atoms with Gasteiger partial charge < -0.3 is 15.2 Å². The summed E-state index contributed by atoms with van der Waals surface area (Å²) in [5.41, 5.74) is 5.31. The topological polar surface area (TPSA) is 103 Å². The largest absolute Gasteiger partial charge is 0.397 e. The molecule has 1 aromatic carbocycles. The number of piperazine rings is 1. The number of imidazole rings is 1. The van der Waals surface area contributed by atoms with Crippen LogP contribution in [0.1, 0.15) is 17.7 Å². The fourth-order valence-corrected chi connectivity index (χ4v) is 4.30. The minimum Gasteiger partial charge on any atom is -0.340 e. The maximum Gasteiger partial charge on any atom is 0.397 e. The molecule has 9 nitrogen and oxygen atoms in total. The highest BCUT2D eigenvalue weighted by Gasteiger charge is 2.34. The lowest BCUT2D eigenvalue weighted by Crippen LogP contribution is -2.49. The van der Waals surface area contributed by atoms with E-state index in [4.69, 9.17) is 0 Å². The Hall–Kier alpha value is -4.06. The molecule has 12 heteroatoms. The van der Waals surface area contributed by atoms with Crippen molar-refractivity contribution in [3.05, 3.63) is 60.2 Å². The first-order chi connectivity index (χ1) is 17.7. The molecule has 1 amide bonds. The number of nitrogens with one attached hydrogen (secondary N) is 2. The first-order valence-corrected chi connectivity index (χ1v) is 11.8. The van der Waals surface area contributed by atoms with Crippen molar-refractivity contribution in [1.29, 1.82) is 0 Å². The van der Waals surface area contributed by atoms with Gasteiger partial charge in [0.25, 0.3) is 0 Å². The van der Waals surface area contributed by atoms with E-state index < -0.39 is 18.5 Å². The summed E-state index contributed by atoms with van der Waals surface area (Å²) in [6.07, 6.45) is -2.65. The summed E-state index contributed by atoms with van der Waals surface area (Å²) in [6.45, 7) is 4.09. The lowest BCUT2D eigenvalue weighted by molar-refractivity contribution is -0.162. The second-order valence-electron chi connectivity index (χ2n) is 8.99. The molecule has 192 valence electrons. The second kappa shape index (κ2) is 10.1. The van der Waals surface area contributed by atoms with Crippen molar-refractivity contribution >= 4 is 28.7 Å². The molecule has 1 aliphatic heterocycles. The summed E-state index contributed by atoms with van der Waals surface area (Å²) < 4.78 is 37.5. The van der Waals surface area contributed by atoms with Gasteiger partial charge in [0.15, 0.2) is 0 Å². The molecule has 0 bridgehead atoms. The number of amides is 1. The van der Waals surface area contributed by atoms with Crippen LogP contribution in [0.5, 0.6) is 0 Å². The van der Waals surface area contributed by atoms with Crippen LogP contribution in [0.25, 0.3) is 22.3 Å². The van der Waals surface area contributed by atoms with E-state index in [0.29, 0.717) is 31.4 Å². The first-order valence-electron chi connectivity index (χ1n) is 11.8. The number of carbonyl (C=O) groups excluding carboxylic acids is 1. The maximum atomic E-state index is 12.5. The molecular weight excluding hydrogens is 485 g/mol. The first kappa shape index (κ1) is 24.6. The summed E-state index contributed by atoms with van der Waals surface area (Å²) in [4.78, 5) is 35.9. The normalized spacial score (nSPS) is 14.8. The van der Waals surface area contributed by atoms with E-state index in [1.807, 2.05) is 43.3 Å². The van der Waals surface area contributed by atoms with E-state index in [2.05, 4.69) is 35.1 Å². The van der Waals surface area contributed by atoms with E-state index in [0.717, 1.165) is 33.5 Å². The molecule has 1 fully saturated rings. The number of anilines is 2. The van der Waals surface area contributed by atoms with Crippen molar-refractivity contribution in [2.24, 2.45) is 0 Å². The third-order valence-electron chi connectivity index (χ3n) is 6.14. The van der Waals surface area contributed by atoms with Crippen molar-refractivity contribution in [3.63, 3.8) is 0 Å². The number of hydrogen-bond acceptors (Lipinski definition) is 7. The van der Waals surface area contributed by atoms with Crippen molar-refractivity contribution in [2.45, 2.75) is 26.1 Å². The average molecular weight is 511 g/mol. The molecule has 3 aromatic heterocycles. The van der Waals surface area contributed by atoms with Crippen LogP contribution in [0.2, 0.25) is 0 Å². The quantitative estimate of drug-likeness (QED) is 0.403. The number of alkyl halides is 3. The van der Waals surface area contributed by atoms with E-state index in [9.17, 15) is 18.0 Å². The smallest absolute Gasteiger partial charge is 0.340 e. The van der Waals surface area contributed by atoms with E-state index in [1.54, 1.807) is 12.5 Å². The third kappa shape index (κ3) is 6.20. The van der Waals surface area contributed by atoms with Gasteiger partial charge >= 0.3 is 6.18 Å². The molecule has 4 heterocycles. The minimum atomic E-state index is -4.48. The number of benzene rings is 1. The number of fused-ring (bicyclic) bond motifs is 1. The molecule has 4 aromatic rings. The van der Waals surface area contributed by atoms with Gasteiger partial charge in [-0.1, -0.05) is 6.07 Å². The molecule has 1 saturated heterocycles. The summed E-state index contributed by atoms with van der Waals surface area (Å²) in [5.74, 6) is 0.294. The zero-order valence-electron chi connectivity index (χ0n) is 20.1. The number of aromatic amines is 1. The van der Waals surface area contributed by atoms with Crippen LogP contribution < -0.4 is 5.32 Å². The van der Waals surface area contributed by atoms with Gasteiger partial charge in [0.2, 0.25) is 11.9 Å². The predicted molar refractivity (Wildman–Crippen MR) is 132 cm³/mol. The van der Waals surface area contributed by atoms with Gasteiger partial charge in [-0.05, 0) is 42.8 Å². The standard InChI is InChI=1S/C25H25F3N8O/c1-16-10-20(31-15-30-16)18-2-3-19-21(12-18)33-24(32-19)34-22-11-17(4-5-29-22)14-35-6-8-36(9-7-35)23(37)13-25(26,27)28/h2-5,10-12,15H,6-9,13-14H2,1H3,(H2,29,32,33,34). The van der Waals surface area contributed by atoms with Gasteiger partial charge in [0.05, 0.1) is 16.7 Å². The molecule has 0 spiro atoms. The average Bonchev–Trinajstić information content (AvgIpc) is 3.25. The van der Waals surface area contributed by atoms with Crippen LogP contribution in [-0.4, -0.2) is 73.0 Å². The maximum absolute atomic E-state index is 12.5. The van der Waals surface area contributed by atoms with E-state index >= 15 is 0 Å². The number of hydrogen-bond donors (Lipinski definition) is 2. The number of H-pyrrole nitrogens is 1. The molecule has 5 rings (SSSR count). The molecule has 2 N–H and O–H groups in total. The molecule has 0 atom stereocenters. The Bertz CT molecular complexity index is 1410. The van der Waals surface area contributed by atoms with Crippen molar-refractivity contribution in [3.8, 4) is 11.3 Å². The Balaban J connectivity index is 1.21. The highest BCUT2D eigenvalue weighted by Crippen LogP contribution is 2.25. The van der Waals surface area contributed by atoms with Crippen molar-refractivity contribution in [1.82, 2.24) is 34.7 Å². The number of rotatable bonds is 6. The van der Waals surface area contributed by atoms with Gasteiger partial charge in [0, 0.05) is 50.2 Å². The number of aryl methyl sites for hydroxylation is 1. The molecule has 0 unspecified atom stereocenters. The SMILES string of the molecule is Cc1cc(-c2ccc3nc(Nc4cc(CN5CCN(C(=O)CC(F)(F)F)CC5)ccn4)[nH]c3c2)ncn1. The lowest BCUT2D eigenvalue weighted by atomic mass is 10.1. The van der Waals surface area contributed by atoms with Crippen molar-refractivity contribution < 1.29 is 18.0 Å². The van der Waals surface area contributed by atoms with Crippen molar-refractivity contribution in [2.75, 3.05) is 31.5 Å².